The van der Waals surface area contributed by atoms with Crippen molar-refractivity contribution in [3.05, 3.63) is 71.3 Å². The number of benzene rings is 2. The lowest BCUT2D eigenvalue weighted by atomic mass is 10.1. The summed E-state index contributed by atoms with van der Waals surface area (Å²) >= 11 is 0. The van der Waals surface area contributed by atoms with E-state index in [4.69, 9.17) is 0 Å². The lowest BCUT2D eigenvalue weighted by Gasteiger charge is -2.01. The van der Waals surface area contributed by atoms with Gasteiger partial charge in [0.25, 0.3) is 5.91 Å². The molecule has 0 fully saturated rings. The molecule has 4 heteroatoms. The van der Waals surface area contributed by atoms with E-state index >= 15 is 0 Å². The van der Waals surface area contributed by atoms with Gasteiger partial charge >= 0.3 is 0 Å². The molecule has 2 N–H and O–H groups in total. The number of amides is 1. The predicted molar refractivity (Wildman–Crippen MR) is 84.2 cm³/mol. The second kappa shape index (κ2) is 7.05. The molecule has 0 aromatic heterocycles. The Bertz CT molecular complexity index is 676. The Labute approximate surface area is 123 Å². The van der Waals surface area contributed by atoms with Crippen molar-refractivity contribution in [2.24, 2.45) is 5.10 Å². The molecule has 0 atom stereocenters. The molecule has 4 nitrogen and oxygen atoms in total. The first-order valence-electron chi connectivity index (χ1n) is 6.51. The molecule has 21 heavy (non-hydrogen) atoms. The molecular weight excluding hydrogens is 264 g/mol. The van der Waals surface area contributed by atoms with Crippen LogP contribution in [0.2, 0.25) is 0 Å². The van der Waals surface area contributed by atoms with Gasteiger partial charge < -0.3 is 5.11 Å². The fraction of sp³-hybridized carbons (Fsp3) is 0.0588. The molecule has 2 aromatic rings. The highest BCUT2D eigenvalue weighted by molar-refractivity contribution is 5.97. The number of hydrazone groups is 1. The number of nitrogens with one attached hydrogen (secondary N) is 1. The van der Waals surface area contributed by atoms with Crippen LogP contribution in [0.4, 0.5) is 0 Å². The van der Waals surface area contributed by atoms with E-state index in [-0.39, 0.29) is 11.3 Å². The van der Waals surface area contributed by atoms with E-state index in [1.807, 2.05) is 43.3 Å². The summed E-state index contributed by atoms with van der Waals surface area (Å²) in [6, 6.07) is 16.2. The van der Waals surface area contributed by atoms with Crippen molar-refractivity contribution in [1.29, 1.82) is 0 Å². The van der Waals surface area contributed by atoms with Crippen LogP contribution in [-0.2, 0) is 0 Å². The maximum atomic E-state index is 11.8. The number of para-hydroxylation sites is 1. The molecule has 0 heterocycles. The number of allylic oxidation sites excluding steroid dienone is 1. The molecule has 1 amide bonds. The van der Waals surface area contributed by atoms with Crippen molar-refractivity contribution >= 4 is 18.2 Å². The minimum Gasteiger partial charge on any atom is -0.507 e. The van der Waals surface area contributed by atoms with Gasteiger partial charge in [0.2, 0.25) is 0 Å². The van der Waals surface area contributed by atoms with E-state index in [9.17, 15) is 9.90 Å². The summed E-state index contributed by atoms with van der Waals surface area (Å²) in [6.07, 6.45) is 3.51. The van der Waals surface area contributed by atoms with Gasteiger partial charge in [-0.25, -0.2) is 5.43 Å². The van der Waals surface area contributed by atoms with Crippen molar-refractivity contribution in [3.63, 3.8) is 0 Å². The SMILES string of the molecule is CC(=Cc1ccccc1)/C=N\NC(=O)c1ccccc1O. The Morgan fingerprint density at radius 2 is 1.76 bits per heavy atom. The number of carbonyl (C=O) groups is 1. The number of hydrogen-bond donors (Lipinski definition) is 2. The van der Waals surface area contributed by atoms with Gasteiger partial charge in [0.05, 0.1) is 11.8 Å². The van der Waals surface area contributed by atoms with Gasteiger partial charge in [0.15, 0.2) is 0 Å². The smallest absolute Gasteiger partial charge is 0.275 e. The predicted octanol–water partition coefficient (Wildman–Crippen LogP) is 3.21. The van der Waals surface area contributed by atoms with Gasteiger partial charge in [-0.15, -0.1) is 0 Å². The zero-order valence-electron chi connectivity index (χ0n) is 11.7. The minimum absolute atomic E-state index is 0.0678. The standard InChI is InChI=1S/C17H16N2O2/c1-13(11-14-7-3-2-4-8-14)12-18-19-17(21)15-9-5-6-10-16(15)20/h2-12,20H,1H3,(H,19,21)/b13-11?,18-12-. The van der Waals surface area contributed by atoms with E-state index in [0.29, 0.717) is 0 Å². The zero-order chi connectivity index (χ0) is 15.1. The number of carbonyl (C=O) groups excluding carboxylic acids is 1. The Morgan fingerprint density at radius 1 is 1.10 bits per heavy atom. The zero-order valence-corrected chi connectivity index (χ0v) is 11.7. The maximum Gasteiger partial charge on any atom is 0.275 e. The molecule has 0 aliphatic rings. The number of phenolic OH excluding ortho intramolecular Hbond substituents is 1. The number of nitrogens with zero attached hydrogens (tertiary/aromatic N) is 1. The number of aromatic hydroxyl groups is 1. The van der Waals surface area contributed by atoms with Crippen LogP contribution in [0.3, 0.4) is 0 Å². The Balaban J connectivity index is 1.98. The van der Waals surface area contributed by atoms with Crippen molar-refractivity contribution < 1.29 is 9.90 Å². The second-order valence-electron chi connectivity index (χ2n) is 4.52. The highest BCUT2D eigenvalue weighted by atomic mass is 16.3. The van der Waals surface area contributed by atoms with E-state index < -0.39 is 5.91 Å². The summed E-state index contributed by atoms with van der Waals surface area (Å²) < 4.78 is 0. The minimum atomic E-state index is -0.447. The molecule has 0 spiro atoms. The molecule has 0 saturated carbocycles. The van der Waals surface area contributed by atoms with Crippen LogP contribution in [0.15, 0.2) is 65.3 Å². The monoisotopic (exact) mass is 280 g/mol. The van der Waals surface area contributed by atoms with Crippen LogP contribution in [-0.4, -0.2) is 17.2 Å². The topological polar surface area (TPSA) is 61.7 Å². The average Bonchev–Trinajstić information content (AvgIpc) is 2.48. The van der Waals surface area contributed by atoms with Crippen molar-refractivity contribution in [2.45, 2.75) is 6.92 Å². The molecule has 0 radical (unpaired) electrons. The molecule has 106 valence electrons. The maximum absolute atomic E-state index is 11.8. The van der Waals surface area contributed by atoms with Crippen LogP contribution in [0.25, 0.3) is 6.08 Å². The first-order valence-corrected chi connectivity index (χ1v) is 6.51. The van der Waals surface area contributed by atoms with Gasteiger partial charge in [-0.2, -0.15) is 5.10 Å². The largest absolute Gasteiger partial charge is 0.507 e. The highest BCUT2D eigenvalue weighted by Gasteiger charge is 2.08. The van der Waals surface area contributed by atoms with Gasteiger partial charge in [-0.05, 0) is 30.2 Å². The number of phenols is 1. The van der Waals surface area contributed by atoms with Gasteiger partial charge in [0.1, 0.15) is 5.75 Å². The van der Waals surface area contributed by atoms with Crippen LogP contribution in [0.5, 0.6) is 5.75 Å². The summed E-state index contributed by atoms with van der Waals surface area (Å²) in [5.41, 5.74) is 4.55. The summed E-state index contributed by atoms with van der Waals surface area (Å²) in [5.74, 6) is -0.515. The van der Waals surface area contributed by atoms with Crippen molar-refractivity contribution in [3.8, 4) is 5.75 Å². The van der Waals surface area contributed by atoms with E-state index in [1.165, 1.54) is 12.1 Å². The third kappa shape index (κ3) is 4.31. The first kappa shape index (κ1) is 14.5. The number of rotatable bonds is 4. The summed E-state index contributed by atoms with van der Waals surface area (Å²) in [7, 11) is 0. The second-order valence-corrected chi connectivity index (χ2v) is 4.52. The van der Waals surface area contributed by atoms with Gasteiger partial charge in [-0.3, -0.25) is 4.79 Å². The first-order chi connectivity index (χ1) is 10.2. The fourth-order valence-corrected chi connectivity index (χ4v) is 1.77. The highest BCUT2D eigenvalue weighted by Crippen LogP contribution is 2.14. The Kier molecular flexibility index (Phi) is 4.88. The van der Waals surface area contributed by atoms with Crippen LogP contribution in [0, 0.1) is 0 Å². The van der Waals surface area contributed by atoms with Crippen molar-refractivity contribution in [1.82, 2.24) is 5.43 Å². The number of hydrogen-bond acceptors (Lipinski definition) is 3. The molecule has 0 saturated heterocycles. The third-order valence-electron chi connectivity index (χ3n) is 2.78. The Hall–Kier alpha value is -2.88. The van der Waals surface area contributed by atoms with Gasteiger partial charge in [0, 0.05) is 0 Å². The molecule has 0 bridgehead atoms. The van der Waals surface area contributed by atoms with Gasteiger partial charge in [-0.1, -0.05) is 48.5 Å². The van der Waals surface area contributed by atoms with E-state index in [0.717, 1.165) is 11.1 Å². The Morgan fingerprint density at radius 3 is 2.48 bits per heavy atom. The van der Waals surface area contributed by atoms with E-state index in [2.05, 4.69) is 10.5 Å². The van der Waals surface area contributed by atoms with Crippen LogP contribution in [0.1, 0.15) is 22.8 Å². The molecule has 2 rings (SSSR count). The quantitative estimate of drug-likeness (QED) is 0.667. The van der Waals surface area contributed by atoms with Crippen LogP contribution >= 0.6 is 0 Å². The third-order valence-corrected chi connectivity index (χ3v) is 2.78. The molecule has 0 aliphatic carbocycles. The molecule has 0 aliphatic heterocycles. The molecular formula is C17H16N2O2. The lowest BCUT2D eigenvalue weighted by molar-refractivity contribution is 0.0952. The van der Waals surface area contributed by atoms with E-state index in [1.54, 1.807) is 18.3 Å². The summed E-state index contributed by atoms with van der Waals surface area (Å²) in [4.78, 5) is 11.8. The molecule has 0 unspecified atom stereocenters. The van der Waals surface area contributed by atoms with Crippen LogP contribution < -0.4 is 5.43 Å². The normalized spacial score (nSPS) is 11.6. The van der Waals surface area contributed by atoms with Crippen molar-refractivity contribution in [2.75, 3.05) is 0 Å². The summed E-state index contributed by atoms with van der Waals surface area (Å²) in [5, 5.41) is 13.4. The fourth-order valence-electron chi connectivity index (χ4n) is 1.77. The average molecular weight is 280 g/mol. The summed E-state index contributed by atoms with van der Waals surface area (Å²) in [6.45, 7) is 1.89. The molecule has 2 aromatic carbocycles. The lowest BCUT2D eigenvalue weighted by Crippen LogP contribution is -2.17.